The van der Waals surface area contributed by atoms with Crippen molar-refractivity contribution in [3.63, 3.8) is 0 Å². The molecule has 0 bridgehead atoms. The van der Waals surface area contributed by atoms with E-state index in [1.165, 1.54) is 25.7 Å². The van der Waals surface area contributed by atoms with Crippen LogP contribution >= 0.6 is 0 Å². The maximum absolute atomic E-state index is 12.0. The minimum Gasteiger partial charge on any atom is -0.368 e. The number of ether oxygens (including phenoxy) is 1. The van der Waals surface area contributed by atoms with E-state index < -0.39 is 0 Å². The third-order valence-electron chi connectivity index (χ3n) is 3.35. The highest BCUT2D eigenvalue weighted by molar-refractivity contribution is 5.81. The molecular weight excluding hydrogens is 214 g/mol. The zero-order chi connectivity index (χ0) is 12.9. The summed E-state index contributed by atoms with van der Waals surface area (Å²) in [5.41, 5.74) is -0.141. The Labute approximate surface area is 105 Å². The SMILES string of the molecule is CCNC(=O)C(OCC1CCCC1)C(C)(C)C. The summed E-state index contributed by atoms with van der Waals surface area (Å²) >= 11 is 0. The molecule has 100 valence electrons. The Kier molecular flexibility index (Phi) is 5.44. The summed E-state index contributed by atoms with van der Waals surface area (Å²) in [5.74, 6) is 0.687. The van der Waals surface area contributed by atoms with E-state index in [1.54, 1.807) is 0 Å². The third kappa shape index (κ3) is 4.66. The Morgan fingerprint density at radius 3 is 2.41 bits per heavy atom. The number of hydrogen-bond donors (Lipinski definition) is 1. The molecule has 1 unspecified atom stereocenters. The smallest absolute Gasteiger partial charge is 0.249 e. The summed E-state index contributed by atoms with van der Waals surface area (Å²) in [6.07, 6.45) is 4.81. The predicted octanol–water partition coefficient (Wildman–Crippen LogP) is 2.74. The van der Waals surface area contributed by atoms with Crippen molar-refractivity contribution >= 4 is 5.91 Å². The van der Waals surface area contributed by atoms with Crippen LogP contribution in [0.15, 0.2) is 0 Å². The van der Waals surface area contributed by atoms with Crippen LogP contribution in [-0.4, -0.2) is 25.2 Å². The number of carbonyl (C=O) groups excluding carboxylic acids is 1. The highest BCUT2D eigenvalue weighted by Crippen LogP contribution is 2.28. The van der Waals surface area contributed by atoms with E-state index in [2.05, 4.69) is 26.1 Å². The van der Waals surface area contributed by atoms with Gasteiger partial charge in [-0.25, -0.2) is 0 Å². The number of amides is 1. The van der Waals surface area contributed by atoms with Crippen LogP contribution in [-0.2, 0) is 9.53 Å². The van der Waals surface area contributed by atoms with Crippen molar-refractivity contribution in [2.75, 3.05) is 13.2 Å². The van der Waals surface area contributed by atoms with Crippen LogP contribution in [0.1, 0.15) is 53.4 Å². The molecule has 1 N–H and O–H groups in total. The molecule has 3 heteroatoms. The molecule has 1 amide bonds. The Bertz CT molecular complexity index is 239. The van der Waals surface area contributed by atoms with Gasteiger partial charge >= 0.3 is 0 Å². The zero-order valence-electron chi connectivity index (χ0n) is 11.7. The summed E-state index contributed by atoms with van der Waals surface area (Å²) < 4.78 is 5.89. The summed E-state index contributed by atoms with van der Waals surface area (Å²) in [6.45, 7) is 9.51. The lowest BCUT2D eigenvalue weighted by atomic mass is 9.88. The molecule has 0 aliphatic heterocycles. The molecule has 1 saturated carbocycles. The van der Waals surface area contributed by atoms with Gasteiger partial charge in [-0.1, -0.05) is 33.6 Å². The third-order valence-corrected chi connectivity index (χ3v) is 3.35. The fraction of sp³-hybridized carbons (Fsp3) is 0.929. The lowest BCUT2D eigenvalue weighted by molar-refractivity contribution is -0.141. The average molecular weight is 241 g/mol. The normalized spacial score (nSPS) is 19.3. The minimum absolute atomic E-state index is 0.0259. The first-order chi connectivity index (χ1) is 7.95. The number of nitrogens with one attached hydrogen (secondary N) is 1. The molecule has 17 heavy (non-hydrogen) atoms. The maximum atomic E-state index is 12.0. The highest BCUT2D eigenvalue weighted by atomic mass is 16.5. The molecule has 0 spiro atoms. The van der Waals surface area contributed by atoms with Crippen LogP contribution < -0.4 is 5.32 Å². The van der Waals surface area contributed by atoms with Gasteiger partial charge in [0.1, 0.15) is 6.10 Å². The molecule has 1 atom stereocenters. The zero-order valence-corrected chi connectivity index (χ0v) is 11.7. The standard InChI is InChI=1S/C14H27NO2/c1-5-15-13(16)12(14(2,3)4)17-10-11-8-6-7-9-11/h11-12H,5-10H2,1-4H3,(H,15,16). The lowest BCUT2D eigenvalue weighted by Crippen LogP contribution is -2.45. The molecule has 1 rings (SSSR count). The van der Waals surface area contributed by atoms with Gasteiger partial charge in [-0.3, -0.25) is 4.79 Å². The summed E-state index contributed by atoms with van der Waals surface area (Å²) in [5, 5.41) is 2.86. The molecule has 1 aliphatic carbocycles. The summed E-state index contributed by atoms with van der Waals surface area (Å²) in [7, 11) is 0. The molecule has 0 saturated heterocycles. The number of likely N-dealkylation sites (N-methyl/N-ethyl adjacent to an activating group) is 1. The van der Waals surface area contributed by atoms with Crippen LogP contribution in [0, 0.1) is 11.3 Å². The molecule has 0 aromatic heterocycles. The van der Waals surface area contributed by atoms with E-state index in [9.17, 15) is 4.79 Å². The van der Waals surface area contributed by atoms with Gasteiger partial charge in [-0.05, 0) is 31.1 Å². The first kappa shape index (κ1) is 14.5. The quantitative estimate of drug-likeness (QED) is 0.803. The van der Waals surface area contributed by atoms with Crippen molar-refractivity contribution in [1.29, 1.82) is 0 Å². The molecular formula is C14H27NO2. The van der Waals surface area contributed by atoms with E-state index in [4.69, 9.17) is 4.74 Å². The fourth-order valence-corrected chi connectivity index (χ4v) is 2.40. The topological polar surface area (TPSA) is 38.3 Å². The molecule has 3 nitrogen and oxygen atoms in total. The van der Waals surface area contributed by atoms with Crippen LogP contribution in [0.2, 0.25) is 0 Å². The van der Waals surface area contributed by atoms with E-state index in [0.717, 1.165) is 6.61 Å². The van der Waals surface area contributed by atoms with Gasteiger partial charge in [-0.15, -0.1) is 0 Å². The van der Waals surface area contributed by atoms with Crippen molar-refractivity contribution in [1.82, 2.24) is 5.32 Å². The molecule has 1 aliphatic rings. The van der Waals surface area contributed by atoms with Crippen LogP contribution in [0.25, 0.3) is 0 Å². The van der Waals surface area contributed by atoms with Gasteiger partial charge in [0.2, 0.25) is 5.91 Å². The van der Waals surface area contributed by atoms with Gasteiger partial charge in [0.05, 0.1) is 6.61 Å². The second kappa shape index (κ2) is 6.39. The highest BCUT2D eigenvalue weighted by Gasteiger charge is 2.32. The van der Waals surface area contributed by atoms with Gasteiger partial charge in [0, 0.05) is 6.54 Å². The van der Waals surface area contributed by atoms with Gasteiger partial charge in [0.25, 0.3) is 0 Å². The van der Waals surface area contributed by atoms with Crippen molar-refractivity contribution < 1.29 is 9.53 Å². The van der Waals surface area contributed by atoms with Crippen molar-refractivity contribution in [3.8, 4) is 0 Å². The number of rotatable bonds is 5. The Morgan fingerprint density at radius 1 is 1.35 bits per heavy atom. The van der Waals surface area contributed by atoms with Gasteiger partial charge in [-0.2, -0.15) is 0 Å². The Hall–Kier alpha value is -0.570. The van der Waals surface area contributed by atoms with E-state index >= 15 is 0 Å². The van der Waals surface area contributed by atoms with Crippen LogP contribution in [0.4, 0.5) is 0 Å². The van der Waals surface area contributed by atoms with Gasteiger partial charge < -0.3 is 10.1 Å². The second-order valence-electron chi connectivity index (χ2n) is 6.12. The summed E-state index contributed by atoms with van der Waals surface area (Å²) in [4.78, 5) is 12.0. The van der Waals surface area contributed by atoms with E-state index in [-0.39, 0.29) is 17.4 Å². The minimum atomic E-state index is -0.331. The molecule has 0 heterocycles. The van der Waals surface area contributed by atoms with E-state index in [1.807, 2.05) is 6.92 Å². The Balaban J connectivity index is 2.48. The number of carbonyl (C=O) groups is 1. The largest absolute Gasteiger partial charge is 0.368 e. The van der Waals surface area contributed by atoms with Crippen molar-refractivity contribution in [3.05, 3.63) is 0 Å². The van der Waals surface area contributed by atoms with Crippen LogP contribution in [0.3, 0.4) is 0 Å². The first-order valence-corrected chi connectivity index (χ1v) is 6.84. The predicted molar refractivity (Wildman–Crippen MR) is 69.8 cm³/mol. The van der Waals surface area contributed by atoms with E-state index in [0.29, 0.717) is 12.5 Å². The molecule has 1 fully saturated rings. The Morgan fingerprint density at radius 2 is 1.94 bits per heavy atom. The first-order valence-electron chi connectivity index (χ1n) is 6.84. The number of hydrogen-bond acceptors (Lipinski definition) is 2. The monoisotopic (exact) mass is 241 g/mol. The summed E-state index contributed by atoms with van der Waals surface area (Å²) in [6, 6.07) is 0. The average Bonchev–Trinajstić information content (AvgIpc) is 2.69. The van der Waals surface area contributed by atoms with Crippen molar-refractivity contribution in [2.24, 2.45) is 11.3 Å². The second-order valence-corrected chi connectivity index (χ2v) is 6.12. The fourth-order valence-electron chi connectivity index (χ4n) is 2.40. The molecule has 0 aromatic rings. The molecule has 0 radical (unpaired) electrons. The molecule has 0 aromatic carbocycles. The lowest BCUT2D eigenvalue weighted by Gasteiger charge is -2.30. The maximum Gasteiger partial charge on any atom is 0.249 e. The van der Waals surface area contributed by atoms with Crippen molar-refractivity contribution in [2.45, 2.75) is 59.5 Å². The van der Waals surface area contributed by atoms with Crippen LogP contribution in [0.5, 0.6) is 0 Å². The van der Waals surface area contributed by atoms with Gasteiger partial charge in [0.15, 0.2) is 0 Å².